The van der Waals surface area contributed by atoms with Gasteiger partial charge in [0.05, 0.1) is 11.9 Å². The zero-order valence-corrected chi connectivity index (χ0v) is 15.3. The smallest absolute Gasteiger partial charge is 0.342 e. The van der Waals surface area contributed by atoms with Crippen LogP contribution in [0, 0.1) is 0 Å². The summed E-state index contributed by atoms with van der Waals surface area (Å²) in [5.74, 6) is 0.851. The number of benzene rings is 1. The number of aromatic amines is 1. The first-order valence-electron chi connectivity index (χ1n) is 8.59. The molecule has 0 unspecified atom stereocenters. The van der Waals surface area contributed by atoms with Crippen LogP contribution in [-0.2, 0) is 11.3 Å². The second-order valence-corrected chi connectivity index (χ2v) is 6.72. The van der Waals surface area contributed by atoms with Crippen LogP contribution in [-0.4, -0.2) is 26.3 Å². The molecule has 7 nitrogen and oxygen atoms in total. The van der Waals surface area contributed by atoms with Gasteiger partial charge in [0.1, 0.15) is 5.56 Å². The molecule has 0 atom stereocenters. The fourth-order valence-corrected chi connectivity index (χ4v) is 2.55. The molecule has 136 valence electrons. The summed E-state index contributed by atoms with van der Waals surface area (Å²) in [6.45, 7) is 8.14. The highest BCUT2D eigenvalue weighted by Crippen LogP contribution is 2.21. The predicted octanol–water partition coefficient (Wildman–Crippen LogP) is 4.06. The molecule has 0 saturated heterocycles. The van der Waals surface area contributed by atoms with Crippen LogP contribution < -0.4 is 0 Å². The molecule has 7 heteroatoms. The molecule has 1 aromatic carbocycles. The van der Waals surface area contributed by atoms with E-state index >= 15 is 0 Å². The molecule has 2 aromatic heterocycles. The first-order chi connectivity index (χ1) is 12.5. The van der Waals surface area contributed by atoms with Crippen LogP contribution in [0.1, 0.15) is 67.0 Å². The molecule has 0 aliphatic heterocycles. The molecule has 26 heavy (non-hydrogen) atoms. The maximum Gasteiger partial charge on any atom is 0.342 e. The lowest BCUT2D eigenvalue weighted by molar-refractivity contribution is 0.0428. The Kier molecular flexibility index (Phi) is 5.16. The normalized spacial score (nSPS) is 11.3. The topological polar surface area (TPSA) is 93.9 Å². The standard InChI is InChI=1S/C19H22N4O3/c1-11(2)13-5-7-14(8-6-13)18-21-16(26-23-18)10-25-19(24)15-9-20-22-17(15)12(3)4/h5-9,11-12H,10H2,1-4H3,(H,20,22). The van der Waals surface area contributed by atoms with Crippen molar-refractivity contribution in [2.24, 2.45) is 0 Å². The van der Waals surface area contributed by atoms with Gasteiger partial charge < -0.3 is 9.26 Å². The first kappa shape index (κ1) is 17.8. The average Bonchev–Trinajstić information content (AvgIpc) is 3.29. The van der Waals surface area contributed by atoms with E-state index in [0.29, 0.717) is 17.3 Å². The first-order valence-corrected chi connectivity index (χ1v) is 8.59. The Balaban J connectivity index is 1.65. The highest BCUT2D eigenvalue weighted by atomic mass is 16.6. The summed E-state index contributed by atoms with van der Waals surface area (Å²) >= 11 is 0. The summed E-state index contributed by atoms with van der Waals surface area (Å²) in [7, 11) is 0. The van der Waals surface area contributed by atoms with Crippen molar-refractivity contribution in [1.82, 2.24) is 20.3 Å². The maximum absolute atomic E-state index is 12.2. The van der Waals surface area contributed by atoms with Crippen molar-refractivity contribution in [2.75, 3.05) is 0 Å². The average molecular weight is 354 g/mol. The molecule has 0 amide bonds. The fourth-order valence-electron chi connectivity index (χ4n) is 2.55. The molecule has 0 spiro atoms. The molecule has 0 bridgehead atoms. The van der Waals surface area contributed by atoms with Gasteiger partial charge in [0.2, 0.25) is 5.82 Å². The summed E-state index contributed by atoms with van der Waals surface area (Å²) in [6, 6.07) is 8.00. The Labute approximate surface area is 151 Å². The zero-order chi connectivity index (χ0) is 18.7. The van der Waals surface area contributed by atoms with Crippen LogP contribution in [0.4, 0.5) is 0 Å². The van der Waals surface area contributed by atoms with Gasteiger partial charge in [0.15, 0.2) is 6.61 Å². The molecule has 0 saturated carbocycles. The third-order valence-electron chi connectivity index (χ3n) is 4.10. The largest absolute Gasteiger partial charge is 0.452 e. The number of carbonyl (C=O) groups is 1. The number of aromatic nitrogens is 4. The second-order valence-electron chi connectivity index (χ2n) is 6.72. The van der Waals surface area contributed by atoms with Crippen molar-refractivity contribution in [3.8, 4) is 11.4 Å². The summed E-state index contributed by atoms with van der Waals surface area (Å²) < 4.78 is 10.4. The minimum Gasteiger partial charge on any atom is -0.452 e. The van der Waals surface area contributed by atoms with Crippen molar-refractivity contribution in [3.63, 3.8) is 0 Å². The Bertz CT molecular complexity index is 878. The van der Waals surface area contributed by atoms with Crippen molar-refractivity contribution in [3.05, 3.63) is 53.2 Å². The van der Waals surface area contributed by atoms with E-state index in [0.717, 1.165) is 11.3 Å². The van der Waals surface area contributed by atoms with E-state index in [1.165, 1.54) is 11.8 Å². The van der Waals surface area contributed by atoms with Crippen LogP contribution in [0.3, 0.4) is 0 Å². The number of rotatable bonds is 6. The highest BCUT2D eigenvalue weighted by molar-refractivity contribution is 5.90. The molecule has 3 aromatic rings. The van der Waals surface area contributed by atoms with Crippen molar-refractivity contribution in [2.45, 2.75) is 46.1 Å². The van der Waals surface area contributed by atoms with Crippen LogP contribution >= 0.6 is 0 Å². The minimum atomic E-state index is -0.469. The third kappa shape index (κ3) is 3.82. The van der Waals surface area contributed by atoms with E-state index in [1.54, 1.807) is 0 Å². The van der Waals surface area contributed by atoms with Crippen LogP contribution in [0.5, 0.6) is 0 Å². The minimum absolute atomic E-state index is 0.0847. The van der Waals surface area contributed by atoms with Gasteiger partial charge in [-0.05, 0) is 17.4 Å². The predicted molar refractivity (Wildman–Crippen MR) is 95.6 cm³/mol. The van der Waals surface area contributed by atoms with Crippen molar-refractivity contribution in [1.29, 1.82) is 0 Å². The van der Waals surface area contributed by atoms with Gasteiger partial charge >= 0.3 is 5.97 Å². The summed E-state index contributed by atoms with van der Waals surface area (Å²) in [4.78, 5) is 16.5. The maximum atomic E-state index is 12.2. The molecule has 3 rings (SSSR count). The van der Waals surface area contributed by atoms with Gasteiger partial charge in [-0.3, -0.25) is 5.10 Å². The Morgan fingerprint density at radius 2 is 1.88 bits per heavy atom. The van der Waals surface area contributed by atoms with Crippen LogP contribution in [0.25, 0.3) is 11.4 Å². The molecule has 0 aliphatic carbocycles. The van der Waals surface area contributed by atoms with Gasteiger partial charge in [-0.25, -0.2) is 4.79 Å². The molecular weight excluding hydrogens is 332 g/mol. The third-order valence-corrected chi connectivity index (χ3v) is 4.10. The van der Waals surface area contributed by atoms with E-state index in [9.17, 15) is 4.79 Å². The number of esters is 1. The SMILES string of the molecule is CC(C)c1ccc(-c2noc(COC(=O)c3cn[nH]c3C(C)C)n2)cc1. The molecule has 0 aliphatic rings. The quantitative estimate of drug-likeness (QED) is 0.671. The summed E-state index contributed by atoms with van der Waals surface area (Å²) in [5.41, 5.74) is 3.26. The lowest BCUT2D eigenvalue weighted by Gasteiger charge is -2.05. The van der Waals surface area contributed by atoms with E-state index < -0.39 is 5.97 Å². The highest BCUT2D eigenvalue weighted by Gasteiger charge is 2.19. The zero-order valence-electron chi connectivity index (χ0n) is 15.3. The van der Waals surface area contributed by atoms with Gasteiger partial charge in [-0.1, -0.05) is 57.1 Å². The summed E-state index contributed by atoms with van der Waals surface area (Å²) in [6.07, 6.45) is 1.47. The van der Waals surface area contributed by atoms with Crippen LogP contribution in [0.2, 0.25) is 0 Å². The van der Waals surface area contributed by atoms with Crippen molar-refractivity contribution >= 4 is 5.97 Å². The lowest BCUT2D eigenvalue weighted by atomic mass is 10.0. The van der Waals surface area contributed by atoms with Crippen molar-refractivity contribution < 1.29 is 14.1 Å². The van der Waals surface area contributed by atoms with Gasteiger partial charge in [-0.2, -0.15) is 10.1 Å². The van der Waals surface area contributed by atoms with Gasteiger partial charge in [0, 0.05) is 5.56 Å². The molecule has 2 heterocycles. The van der Waals surface area contributed by atoms with Crippen LogP contribution in [0.15, 0.2) is 35.0 Å². The van der Waals surface area contributed by atoms with E-state index in [4.69, 9.17) is 9.26 Å². The number of nitrogens with zero attached hydrogens (tertiary/aromatic N) is 3. The molecule has 0 radical (unpaired) electrons. The molecular formula is C19H22N4O3. The number of hydrogen-bond acceptors (Lipinski definition) is 6. The Hall–Kier alpha value is -2.96. The van der Waals surface area contributed by atoms with Gasteiger partial charge in [-0.15, -0.1) is 0 Å². The van der Waals surface area contributed by atoms with E-state index in [-0.39, 0.29) is 18.4 Å². The van der Waals surface area contributed by atoms with E-state index in [2.05, 4.69) is 34.2 Å². The number of ether oxygens (including phenoxy) is 1. The Morgan fingerprint density at radius 1 is 1.15 bits per heavy atom. The fraction of sp³-hybridized carbons (Fsp3) is 0.368. The molecule has 0 fully saturated rings. The lowest BCUT2D eigenvalue weighted by Crippen LogP contribution is -2.08. The van der Waals surface area contributed by atoms with Gasteiger partial charge in [0.25, 0.3) is 5.89 Å². The molecule has 1 N–H and O–H groups in total. The Morgan fingerprint density at radius 3 is 2.54 bits per heavy atom. The second kappa shape index (κ2) is 7.51. The number of H-pyrrole nitrogens is 1. The number of hydrogen-bond donors (Lipinski definition) is 1. The monoisotopic (exact) mass is 354 g/mol. The van der Waals surface area contributed by atoms with E-state index in [1.807, 2.05) is 38.1 Å². The number of carbonyl (C=O) groups excluding carboxylic acids is 1. The number of nitrogens with one attached hydrogen (secondary N) is 1. The summed E-state index contributed by atoms with van der Waals surface area (Å²) in [5, 5.41) is 10.7.